The number of aliphatic hydroxyl groups is 1. The van der Waals surface area contributed by atoms with Crippen molar-refractivity contribution in [2.75, 3.05) is 0 Å². The van der Waals surface area contributed by atoms with Crippen LogP contribution >= 0.6 is 11.6 Å². The van der Waals surface area contributed by atoms with Crippen LogP contribution in [-0.4, -0.2) is 24.2 Å². The Bertz CT molecular complexity index is 1870. The second-order valence-corrected chi connectivity index (χ2v) is 9.65. The number of hydrogen-bond donors (Lipinski definition) is 1. The fraction of sp³-hybridized carbons (Fsp3) is 0.100. The Morgan fingerprint density at radius 1 is 0.892 bits per heavy atom. The molecule has 1 unspecified atom stereocenters. The van der Waals surface area contributed by atoms with E-state index in [4.69, 9.17) is 11.6 Å². The number of rotatable bonds is 4. The van der Waals surface area contributed by atoms with E-state index >= 15 is 0 Å². The highest BCUT2D eigenvalue weighted by Crippen LogP contribution is 2.39. The zero-order valence-corrected chi connectivity index (χ0v) is 21.0. The molecule has 0 fully saturated rings. The molecule has 0 bridgehead atoms. The molecular formula is C30H23ClN4O2. The lowest BCUT2D eigenvalue weighted by Crippen LogP contribution is -2.31. The van der Waals surface area contributed by atoms with Gasteiger partial charge in [0.15, 0.2) is 5.60 Å². The lowest BCUT2D eigenvalue weighted by atomic mass is 9.82. The molecule has 3 aromatic heterocycles. The highest BCUT2D eigenvalue weighted by atomic mass is 35.5. The van der Waals surface area contributed by atoms with Crippen LogP contribution in [0, 0.1) is 0 Å². The van der Waals surface area contributed by atoms with Crippen LogP contribution in [0.5, 0.6) is 0 Å². The van der Waals surface area contributed by atoms with Crippen LogP contribution in [0.1, 0.15) is 16.8 Å². The summed E-state index contributed by atoms with van der Waals surface area (Å²) in [6.45, 7) is 0. The Labute approximate surface area is 218 Å². The maximum Gasteiger partial charge on any atom is 0.251 e. The van der Waals surface area contributed by atoms with Gasteiger partial charge in [0.05, 0.1) is 29.3 Å². The Morgan fingerprint density at radius 2 is 1.73 bits per heavy atom. The largest absolute Gasteiger partial charge is 0.374 e. The third-order valence-electron chi connectivity index (χ3n) is 7.00. The number of aryl methyl sites for hydroxylation is 2. The number of fused-ring (bicyclic) bond motifs is 2. The smallest absolute Gasteiger partial charge is 0.251 e. The minimum absolute atomic E-state index is 0.129. The van der Waals surface area contributed by atoms with Crippen molar-refractivity contribution in [1.82, 2.24) is 19.1 Å². The van der Waals surface area contributed by atoms with E-state index in [1.165, 1.54) is 0 Å². The number of nitrogens with zero attached hydrogens (tertiary/aromatic N) is 4. The molecule has 6 rings (SSSR count). The molecule has 6 nitrogen and oxygen atoms in total. The monoisotopic (exact) mass is 506 g/mol. The summed E-state index contributed by atoms with van der Waals surface area (Å²) in [7, 11) is 3.59. The molecule has 3 heterocycles. The molecular weight excluding hydrogens is 484 g/mol. The van der Waals surface area contributed by atoms with Crippen LogP contribution in [-0.2, 0) is 19.7 Å². The van der Waals surface area contributed by atoms with Crippen LogP contribution in [0.3, 0.4) is 0 Å². The lowest BCUT2D eigenvalue weighted by Gasteiger charge is -2.30. The number of imidazole rings is 1. The van der Waals surface area contributed by atoms with Crippen LogP contribution < -0.4 is 5.56 Å². The van der Waals surface area contributed by atoms with Gasteiger partial charge in [-0.2, -0.15) is 0 Å². The SMILES string of the molecule is Cn1cncc1C(O)(c1cnc2ccccc2c1)c1ccc2c(c1)c(-c1cccc(Cl)c1)cc(=O)n2C. The van der Waals surface area contributed by atoms with Gasteiger partial charge in [-0.15, -0.1) is 0 Å². The van der Waals surface area contributed by atoms with Crippen molar-refractivity contribution < 1.29 is 5.11 Å². The first kappa shape index (κ1) is 23.2. The van der Waals surface area contributed by atoms with Crippen molar-refractivity contribution in [2.24, 2.45) is 14.1 Å². The number of halogens is 1. The third kappa shape index (κ3) is 3.73. The normalized spacial score (nSPS) is 13.2. The minimum atomic E-state index is -1.56. The minimum Gasteiger partial charge on any atom is -0.374 e. The van der Waals surface area contributed by atoms with Crippen LogP contribution in [0.25, 0.3) is 32.9 Å². The first-order valence-electron chi connectivity index (χ1n) is 11.8. The number of pyridine rings is 2. The fourth-order valence-corrected chi connectivity index (χ4v) is 5.21. The summed E-state index contributed by atoms with van der Waals surface area (Å²) >= 11 is 6.29. The van der Waals surface area contributed by atoms with Crippen LogP contribution in [0.4, 0.5) is 0 Å². The maximum atomic E-state index is 12.8. The average Bonchev–Trinajstić information content (AvgIpc) is 3.36. The van der Waals surface area contributed by atoms with Crippen molar-refractivity contribution in [3.8, 4) is 11.1 Å². The molecule has 0 radical (unpaired) electrons. The predicted octanol–water partition coefficient (Wildman–Crippen LogP) is 5.42. The summed E-state index contributed by atoms with van der Waals surface area (Å²) < 4.78 is 3.41. The summed E-state index contributed by atoms with van der Waals surface area (Å²) in [6.07, 6.45) is 5.03. The molecule has 1 N–H and O–H groups in total. The lowest BCUT2D eigenvalue weighted by molar-refractivity contribution is 0.117. The summed E-state index contributed by atoms with van der Waals surface area (Å²) in [4.78, 5) is 21.7. The maximum absolute atomic E-state index is 12.8. The van der Waals surface area contributed by atoms with E-state index < -0.39 is 5.60 Å². The van der Waals surface area contributed by atoms with E-state index in [2.05, 4.69) is 9.97 Å². The van der Waals surface area contributed by atoms with Crippen LogP contribution in [0.2, 0.25) is 5.02 Å². The zero-order chi connectivity index (χ0) is 25.7. The highest BCUT2D eigenvalue weighted by molar-refractivity contribution is 6.30. The van der Waals surface area contributed by atoms with E-state index in [-0.39, 0.29) is 5.56 Å². The van der Waals surface area contributed by atoms with E-state index in [0.717, 1.165) is 32.9 Å². The molecule has 1 atom stereocenters. The number of benzene rings is 3. The first-order chi connectivity index (χ1) is 17.9. The molecule has 3 aromatic carbocycles. The van der Waals surface area contributed by atoms with Gasteiger partial charge in [0.25, 0.3) is 5.56 Å². The molecule has 0 saturated carbocycles. The standard InChI is InChI=1S/C30H23ClN4O2/c1-34-18-32-17-28(34)30(37,22-12-20-6-3-4-9-26(20)33-16-22)21-10-11-27-25(14-21)24(15-29(36)35(27)2)19-7-5-8-23(31)13-19/h3-18,37H,1-2H3. The highest BCUT2D eigenvalue weighted by Gasteiger charge is 2.37. The van der Waals surface area contributed by atoms with E-state index in [1.54, 1.807) is 47.0 Å². The summed E-state index contributed by atoms with van der Waals surface area (Å²) in [5.41, 5.74) is 3.30. The van der Waals surface area contributed by atoms with Crippen molar-refractivity contribution in [3.63, 3.8) is 0 Å². The average molecular weight is 507 g/mol. The molecule has 0 aliphatic carbocycles. The van der Waals surface area contributed by atoms with Gasteiger partial charge in [-0.05, 0) is 53.1 Å². The second-order valence-electron chi connectivity index (χ2n) is 9.21. The van der Waals surface area contributed by atoms with Crippen molar-refractivity contribution in [1.29, 1.82) is 0 Å². The predicted molar refractivity (Wildman–Crippen MR) is 147 cm³/mol. The Kier molecular flexibility index (Phi) is 5.44. The van der Waals surface area contributed by atoms with Gasteiger partial charge in [0, 0.05) is 47.7 Å². The third-order valence-corrected chi connectivity index (χ3v) is 7.23. The first-order valence-corrected chi connectivity index (χ1v) is 12.2. The van der Waals surface area contributed by atoms with E-state index in [1.807, 2.05) is 73.8 Å². The molecule has 182 valence electrons. The summed E-state index contributed by atoms with van der Waals surface area (Å²) in [5, 5.41) is 14.9. The molecule has 0 saturated heterocycles. The molecule has 7 heteroatoms. The second kappa shape index (κ2) is 8.69. The van der Waals surface area contributed by atoms with E-state index in [9.17, 15) is 9.90 Å². The van der Waals surface area contributed by atoms with Crippen molar-refractivity contribution >= 4 is 33.4 Å². The van der Waals surface area contributed by atoms with Gasteiger partial charge in [-0.3, -0.25) is 9.78 Å². The van der Waals surface area contributed by atoms with Gasteiger partial charge in [0.1, 0.15) is 0 Å². The van der Waals surface area contributed by atoms with Gasteiger partial charge in [-0.1, -0.05) is 48.0 Å². The number of hydrogen-bond acceptors (Lipinski definition) is 4. The molecule has 0 aliphatic heterocycles. The molecule has 0 aliphatic rings. The Morgan fingerprint density at radius 3 is 2.51 bits per heavy atom. The molecule has 37 heavy (non-hydrogen) atoms. The Hall–Kier alpha value is -4.26. The van der Waals surface area contributed by atoms with Crippen LogP contribution in [0.15, 0.2) is 102 Å². The number of para-hydroxylation sites is 1. The fourth-order valence-electron chi connectivity index (χ4n) is 5.02. The van der Waals surface area contributed by atoms with Gasteiger partial charge in [-0.25, -0.2) is 4.98 Å². The zero-order valence-electron chi connectivity index (χ0n) is 20.3. The van der Waals surface area contributed by atoms with Crippen molar-refractivity contribution in [2.45, 2.75) is 5.60 Å². The van der Waals surface area contributed by atoms with Gasteiger partial charge in [0.2, 0.25) is 0 Å². The topological polar surface area (TPSA) is 72.9 Å². The quantitative estimate of drug-likeness (QED) is 0.346. The van der Waals surface area contributed by atoms with Crippen molar-refractivity contribution in [3.05, 3.63) is 130 Å². The molecule has 0 spiro atoms. The number of aromatic nitrogens is 4. The Balaban J connectivity index is 1.67. The summed E-state index contributed by atoms with van der Waals surface area (Å²) in [6, 6.07) is 24.4. The van der Waals surface area contributed by atoms with Gasteiger partial charge >= 0.3 is 0 Å². The molecule has 0 amide bonds. The van der Waals surface area contributed by atoms with E-state index in [0.29, 0.717) is 21.8 Å². The summed E-state index contributed by atoms with van der Waals surface area (Å²) in [5.74, 6) is 0. The van der Waals surface area contributed by atoms with Gasteiger partial charge < -0.3 is 14.2 Å². The molecule has 6 aromatic rings.